The number of thiophene rings is 1. The largest absolute Gasteiger partial charge is 0.506 e. The number of thiazole rings is 1. The van der Waals surface area contributed by atoms with E-state index >= 15 is 0 Å². The summed E-state index contributed by atoms with van der Waals surface area (Å²) < 4.78 is 21.4. The molecule has 1 unspecified atom stereocenters. The number of carbonyl (C=O) groups is 1. The van der Waals surface area contributed by atoms with Crippen LogP contribution in [0.2, 0.25) is 0 Å². The molecule has 45 heavy (non-hydrogen) atoms. The first-order valence-electron chi connectivity index (χ1n) is 15.5. The van der Waals surface area contributed by atoms with Crippen molar-refractivity contribution in [1.29, 1.82) is 0 Å². The number of halogens is 1. The summed E-state index contributed by atoms with van der Waals surface area (Å²) in [6.07, 6.45) is 2.29. The maximum Gasteiger partial charge on any atom is 0.305 e. The molecule has 12 heteroatoms. The van der Waals surface area contributed by atoms with Crippen molar-refractivity contribution in [2.24, 2.45) is 0 Å². The highest BCUT2D eigenvalue weighted by molar-refractivity contribution is 7.16. The number of morpholine rings is 1. The molecule has 1 amide bonds. The van der Waals surface area contributed by atoms with Crippen LogP contribution in [0.3, 0.4) is 0 Å². The van der Waals surface area contributed by atoms with Gasteiger partial charge in [0.15, 0.2) is 0 Å². The van der Waals surface area contributed by atoms with Crippen LogP contribution in [0.5, 0.6) is 5.75 Å². The summed E-state index contributed by atoms with van der Waals surface area (Å²) in [6, 6.07) is 10.3. The first-order chi connectivity index (χ1) is 21.7. The summed E-state index contributed by atoms with van der Waals surface area (Å²) in [4.78, 5) is 32.7. The molecule has 6 rings (SSSR count). The molecule has 2 aromatic carbocycles. The predicted molar refractivity (Wildman–Crippen MR) is 175 cm³/mol. The van der Waals surface area contributed by atoms with Crippen molar-refractivity contribution in [2.45, 2.75) is 50.9 Å². The number of amides is 1. The molecular formula is C33H39FN4O5S2. The van der Waals surface area contributed by atoms with Gasteiger partial charge in [0.2, 0.25) is 0 Å². The Bertz CT molecular complexity index is 1710. The second kappa shape index (κ2) is 13.7. The topological polar surface area (TPSA) is 118 Å². The molecule has 2 aliphatic heterocycles. The number of aryl methyl sites for hydroxylation is 1. The predicted octanol–water partition coefficient (Wildman–Crippen LogP) is 4.43. The molecule has 1 atom stereocenters. The Kier molecular flexibility index (Phi) is 9.69. The molecule has 9 nitrogen and oxygen atoms in total. The van der Waals surface area contributed by atoms with Crippen molar-refractivity contribution in [3.05, 3.63) is 84.4 Å². The monoisotopic (exact) mass is 654 g/mol. The second-order valence-corrected chi connectivity index (χ2v) is 14.0. The van der Waals surface area contributed by atoms with E-state index in [1.807, 2.05) is 22.4 Å². The van der Waals surface area contributed by atoms with Crippen LogP contribution in [0, 0.1) is 5.82 Å². The number of aliphatic hydroxyl groups is 1. The van der Waals surface area contributed by atoms with Crippen molar-refractivity contribution in [1.82, 2.24) is 20.1 Å². The Morgan fingerprint density at radius 1 is 1.18 bits per heavy atom. The van der Waals surface area contributed by atoms with Gasteiger partial charge in [0.1, 0.15) is 17.1 Å². The maximum absolute atomic E-state index is 14.6. The Labute approximate surface area is 269 Å². The molecule has 2 fully saturated rings. The molecule has 4 N–H and O–H groups in total. The summed E-state index contributed by atoms with van der Waals surface area (Å²) in [7, 11) is 0. The molecule has 0 bridgehead atoms. The zero-order valence-electron chi connectivity index (χ0n) is 25.3. The molecule has 4 heterocycles. The first kappa shape index (κ1) is 31.8. The summed E-state index contributed by atoms with van der Waals surface area (Å²) in [5.41, 5.74) is 3.14. The van der Waals surface area contributed by atoms with Crippen molar-refractivity contribution in [2.75, 3.05) is 45.9 Å². The number of ether oxygens (including phenoxy) is 1. The van der Waals surface area contributed by atoms with Crippen LogP contribution < -0.4 is 10.2 Å². The van der Waals surface area contributed by atoms with E-state index in [0.29, 0.717) is 55.0 Å². The molecule has 2 aromatic heterocycles. The third-order valence-electron chi connectivity index (χ3n) is 8.85. The standard InChI is InChI=1S/C33H39FN4O5S2/c1-2-25-16-23(19-44-25)31(41)38-11-12-43-33(20-38)6-9-37(10-7-33)18-22-13-21(14-24(34)15-22)5-8-35-17-28(40)26-3-4-27(39)29-30(26)45-32(42)36-29/h3-4,13-16,19,28,35,39-40H,2,5-12,17-18,20H2,1H3,(H,36,42). The van der Waals surface area contributed by atoms with Gasteiger partial charge in [-0.15, -0.1) is 11.3 Å². The van der Waals surface area contributed by atoms with E-state index in [0.717, 1.165) is 60.4 Å². The number of fused-ring (bicyclic) bond motifs is 1. The number of nitrogens with zero attached hydrogens (tertiary/aromatic N) is 2. The van der Waals surface area contributed by atoms with Crippen molar-refractivity contribution >= 4 is 38.8 Å². The molecule has 0 saturated carbocycles. The molecule has 240 valence electrons. The van der Waals surface area contributed by atoms with E-state index in [1.165, 1.54) is 10.9 Å². The normalized spacial score (nSPS) is 17.7. The average molecular weight is 655 g/mol. The lowest BCUT2D eigenvalue weighted by Crippen LogP contribution is -2.57. The number of piperidine rings is 1. The van der Waals surface area contributed by atoms with Gasteiger partial charge in [-0.1, -0.05) is 30.4 Å². The lowest BCUT2D eigenvalue weighted by Gasteiger charge is -2.47. The van der Waals surface area contributed by atoms with E-state index in [-0.39, 0.29) is 34.5 Å². The fourth-order valence-electron chi connectivity index (χ4n) is 6.39. The number of aromatic hydroxyl groups is 1. The molecule has 0 radical (unpaired) electrons. The summed E-state index contributed by atoms with van der Waals surface area (Å²) in [6.45, 7) is 6.91. The number of likely N-dealkylation sites (tertiary alicyclic amines) is 1. The number of H-pyrrole nitrogens is 1. The van der Waals surface area contributed by atoms with Gasteiger partial charge in [0.05, 0.1) is 35.1 Å². The number of phenolic OH excluding ortho intramolecular Hbond substituents is 1. The number of aromatic nitrogens is 1. The van der Waals surface area contributed by atoms with Crippen LogP contribution in [0.25, 0.3) is 10.2 Å². The number of carbonyl (C=O) groups excluding carboxylic acids is 1. The number of hydrogen-bond donors (Lipinski definition) is 4. The van der Waals surface area contributed by atoms with Gasteiger partial charge >= 0.3 is 4.87 Å². The van der Waals surface area contributed by atoms with Gasteiger partial charge in [0.25, 0.3) is 5.91 Å². The number of phenols is 1. The van der Waals surface area contributed by atoms with Crippen LogP contribution >= 0.6 is 22.7 Å². The number of aliphatic hydroxyl groups excluding tert-OH is 1. The smallest absolute Gasteiger partial charge is 0.305 e. The highest BCUT2D eigenvalue weighted by Gasteiger charge is 2.41. The number of nitrogens with one attached hydrogen (secondary N) is 2. The molecular weight excluding hydrogens is 616 g/mol. The Balaban J connectivity index is 0.990. The van der Waals surface area contributed by atoms with Crippen molar-refractivity contribution < 1.29 is 24.1 Å². The molecule has 1 spiro atoms. The van der Waals surface area contributed by atoms with E-state index in [4.69, 9.17) is 4.74 Å². The van der Waals surface area contributed by atoms with E-state index < -0.39 is 6.10 Å². The lowest BCUT2D eigenvalue weighted by molar-refractivity contribution is -0.127. The maximum atomic E-state index is 14.6. The molecule has 4 aromatic rings. The average Bonchev–Trinajstić information content (AvgIpc) is 3.67. The highest BCUT2D eigenvalue weighted by Crippen LogP contribution is 2.33. The summed E-state index contributed by atoms with van der Waals surface area (Å²) in [5, 5.41) is 25.9. The lowest BCUT2D eigenvalue weighted by atomic mass is 9.89. The summed E-state index contributed by atoms with van der Waals surface area (Å²) >= 11 is 2.59. The second-order valence-electron chi connectivity index (χ2n) is 12.0. The summed E-state index contributed by atoms with van der Waals surface area (Å²) in [5.74, 6) is -0.211. The van der Waals surface area contributed by atoms with Crippen LogP contribution in [0.15, 0.2) is 46.6 Å². The SMILES string of the molecule is CCc1cc(C(=O)N2CCOC3(CCN(Cc4cc(F)cc(CCNCC(O)c5ccc(O)c6[nH]c(=O)sc56)c4)CC3)C2)cs1. The minimum Gasteiger partial charge on any atom is -0.506 e. The minimum atomic E-state index is -0.868. The van der Waals surface area contributed by atoms with E-state index in [2.05, 4.69) is 22.1 Å². The van der Waals surface area contributed by atoms with Gasteiger partial charge in [-0.2, -0.15) is 0 Å². The van der Waals surface area contributed by atoms with Crippen molar-refractivity contribution in [3.63, 3.8) is 0 Å². The van der Waals surface area contributed by atoms with E-state index in [9.17, 15) is 24.2 Å². The van der Waals surface area contributed by atoms with Crippen LogP contribution in [-0.2, 0) is 24.1 Å². The zero-order chi connectivity index (χ0) is 31.6. The Morgan fingerprint density at radius 3 is 2.76 bits per heavy atom. The van der Waals surface area contributed by atoms with Gasteiger partial charge in [0, 0.05) is 48.5 Å². The molecule has 2 saturated heterocycles. The Hall–Kier alpha value is -3.13. The third kappa shape index (κ3) is 7.32. The quantitative estimate of drug-likeness (QED) is 0.187. The molecule has 2 aliphatic rings. The fraction of sp³-hybridized carbons (Fsp3) is 0.455. The van der Waals surface area contributed by atoms with Crippen LogP contribution in [0.1, 0.15) is 57.8 Å². The van der Waals surface area contributed by atoms with E-state index in [1.54, 1.807) is 29.5 Å². The van der Waals surface area contributed by atoms with Crippen LogP contribution in [-0.4, -0.2) is 82.4 Å². The number of benzene rings is 2. The van der Waals surface area contributed by atoms with Crippen LogP contribution in [0.4, 0.5) is 4.39 Å². The number of aromatic amines is 1. The Morgan fingerprint density at radius 2 is 1.98 bits per heavy atom. The number of hydrogen-bond acceptors (Lipinski definition) is 9. The highest BCUT2D eigenvalue weighted by atomic mass is 32.1. The zero-order valence-corrected chi connectivity index (χ0v) is 26.9. The minimum absolute atomic E-state index is 0.0288. The van der Waals surface area contributed by atoms with Gasteiger partial charge < -0.3 is 30.2 Å². The van der Waals surface area contributed by atoms with Gasteiger partial charge in [-0.3, -0.25) is 14.5 Å². The van der Waals surface area contributed by atoms with Gasteiger partial charge in [-0.25, -0.2) is 4.39 Å². The number of rotatable bonds is 10. The molecule has 0 aliphatic carbocycles. The fourth-order valence-corrected chi connectivity index (χ4v) is 8.12. The third-order valence-corrected chi connectivity index (χ3v) is 10.9. The van der Waals surface area contributed by atoms with Crippen molar-refractivity contribution in [3.8, 4) is 5.75 Å². The van der Waals surface area contributed by atoms with Gasteiger partial charge in [-0.05, 0) is 67.6 Å². The first-order valence-corrected chi connectivity index (χ1v) is 17.2.